The number of nitrogens with two attached hydrogens (primary N) is 1. The molecule has 0 aliphatic heterocycles. The van der Waals surface area contributed by atoms with Crippen LogP contribution in [0.1, 0.15) is 22.7 Å². The number of benzene rings is 1. The maximum Gasteiger partial charge on any atom is 0.201 e. The van der Waals surface area contributed by atoms with Crippen LogP contribution < -0.4 is 5.73 Å². The summed E-state index contributed by atoms with van der Waals surface area (Å²) in [7, 11) is 0. The third kappa shape index (κ3) is 2.13. The Kier molecular flexibility index (Phi) is 3.30. The van der Waals surface area contributed by atoms with Gasteiger partial charge >= 0.3 is 0 Å². The second-order valence-corrected chi connectivity index (χ2v) is 6.89. The molecule has 0 radical (unpaired) electrons. The Balaban J connectivity index is 2.20. The van der Waals surface area contributed by atoms with Gasteiger partial charge in [-0.3, -0.25) is 0 Å². The molecule has 0 aliphatic rings. The molecule has 1 aromatic carbocycles. The smallest absolute Gasteiger partial charge is 0.201 e. The molecular formula is C14H13BrFN3S. The molecule has 20 heavy (non-hydrogen) atoms. The molecule has 2 heterocycles. The highest BCUT2D eigenvalue weighted by atomic mass is 79.9. The monoisotopic (exact) mass is 353 g/mol. The van der Waals surface area contributed by atoms with Gasteiger partial charge in [0.2, 0.25) is 5.95 Å². The number of nitrogens with zero attached hydrogens (tertiary/aromatic N) is 2. The summed E-state index contributed by atoms with van der Waals surface area (Å²) in [6.07, 6.45) is 0. The fraction of sp³-hybridized carbons (Fsp3) is 0.214. The lowest BCUT2D eigenvalue weighted by atomic mass is 10.2. The number of hydrogen-bond donors (Lipinski definition) is 1. The van der Waals surface area contributed by atoms with Crippen molar-refractivity contribution in [3.63, 3.8) is 0 Å². The van der Waals surface area contributed by atoms with Gasteiger partial charge in [0.05, 0.1) is 21.5 Å². The van der Waals surface area contributed by atoms with Gasteiger partial charge < -0.3 is 10.3 Å². The highest BCUT2D eigenvalue weighted by molar-refractivity contribution is 9.10. The molecule has 0 fully saturated rings. The van der Waals surface area contributed by atoms with Crippen molar-refractivity contribution in [3.05, 3.63) is 44.3 Å². The Morgan fingerprint density at radius 3 is 2.80 bits per heavy atom. The van der Waals surface area contributed by atoms with Crippen molar-refractivity contribution >= 4 is 44.2 Å². The predicted octanol–water partition coefficient (Wildman–Crippen LogP) is 4.50. The van der Waals surface area contributed by atoms with Crippen molar-refractivity contribution in [2.45, 2.75) is 19.9 Å². The van der Waals surface area contributed by atoms with Crippen molar-refractivity contribution in [1.29, 1.82) is 0 Å². The predicted molar refractivity (Wildman–Crippen MR) is 84.7 cm³/mol. The number of hydrogen-bond acceptors (Lipinski definition) is 3. The van der Waals surface area contributed by atoms with E-state index in [0.29, 0.717) is 21.5 Å². The second kappa shape index (κ2) is 4.86. The van der Waals surface area contributed by atoms with Gasteiger partial charge in [-0.2, -0.15) is 0 Å². The number of nitrogen functional groups attached to an aromatic ring is 1. The molecule has 0 saturated carbocycles. The molecule has 0 spiro atoms. The van der Waals surface area contributed by atoms with E-state index in [2.05, 4.69) is 40.0 Å². The minimum absolute atomic E-state index is 0.0271. The highest BCUT2D eigenvalue weighted by Crippen LogP contribution is 2.32. The Hall–Kier alpha value is -1.40. The molecular weight excluding hydrogens is 341 g/mol. The van der Waals surface area contributed by atoms with Gasteiger partial charge in [0, 0.05) is 15.8 Å². The zero-order valence-electron chi connectivity index (χ0n) is 11.0. The van der Waals surface area contributed by atoms with Crippen LogP contribution in [0.5, 0.6) is 0 Å². The molecule has 0 aliphatic carbocycles. The number of rotatable bonds is 2. The van der Waals surface area contributed by atoms with E-state index in [0.717, 1.165) is 0 Å². The molecule has 3 rings (SSSR count). The van der Waals surface area contributed by atoms with E-state index in [-0.39, 0.29) is 11.9 Å². The summed E-state index contributed by atoms with van der Waals surface area (Å²) < 4.78 is 16.1. The first-order valence-corrected chi connectivity index (χ1v) is 7.77. The molecule has 3 aromatic rings. The largest absolute Gasteiger partial charge is 0.369 e. The Morgan fingerprint density at radius 1 is 1.40 bits per heavy atom. The van der Waals surface area contributed by atoms with Crippen molar-refractivity contribution < 1.29 is 4.39 Å². The minimum atomic E-state index is -0.312. The molecule has 6 heteroatoms. The third-order valence-electron chi connectivity index (χ3n) is 3.32. The first kappa shape index (κ1) is 13.6. The summed E-state index contributed by atoms with van der Waals surface area (Å²) in [5.74, 6) is 0.0873. The molecule has 0 amide bonds. The number of aryl methyl sites for hydroxylation is 1. The van der Waals surface area contributed by atoms with E-state index in [1.807, 2.05) is 11.5 Å². The van der Waals surface area contributed by atoms with Crippen LogP contribution in [0.25, 0.3) is 11.0 Å². The zero-order chi connectivity index (χ0) is 14.4. The molecule has 2 aromatic heterocycles. The molecule has 1 atom stereocenters. The third-order valence-corrected chi connectivity index (χ3v) is 5.10. The van der Waals surface area contributed by atoms with Crippen molar-refractivity contribution in [3.8, 4) is 0 Å². The number of imidazole rings is 1. The van der Waals surface area contributed by atoms with Crippen molar-refractivity contribution in [1.82, 2.24) is 9.55 Å². The summed E-state index contributed by atoms with van der Waals surface area (Å²) in [6.45, 7) is 4.11. The SMILES string of the molecule is Cc1ccc(C(C)n2c(N)nc3cc(Br)c(F)cc32)s1. The number of thiophene rings is 1. The van der Waals surface area contributed by atoms with Crippen LogP contribution in [0.15, 0.2) is 28.7 Å². The average Bonchev–Trinajstić information content (AvgIpc) is 2.93. The Labute approximate surface area is 128 Å². The van der Waals surface area contributed by atoms with Crippen molar-refractivity contribution in [2.24, 2.45) is 0 Å². The minimum Gasteiger partial charge on any atom is -0.369 e. The van der Waals surface area contributed by atoms with E-state index in [9.17, 15) is 4.39 Å². The molecule has 104 valence electrons. The van der Waals surface area contributed by atoms with Crippen LogP contribution in [-0.4, -0.2) is 9.55 Å². The maximum atomic E-state index is 13.8. The summed E-state index contributed by atoms with van der Waals surface area (Å²) in [4.78, 5) is 6.73. The summed E-state index contributed by atoms with van der Waals surface area (Å²) in [5.41, 5.74) is 7.42. The van der Waals surface area contributed by atoms with Gasteiger partial charge in [-0.15, -0.1) is 11.3 Å². The van der Waals surface area contributed by atoms with Crippen LogP contribution in [0, 0.1) is 12.7 Å². The average molecular weight is 354 g/mol. The van der Waals surface area contributed by atoms with Crippen molar-refractivity contribution in [2.75, 3.05) is 5.73 Å². The molecule has 0 bridgehead atoms. The van der Waals surface area contributed by atoms with Gasteiger partial charge in [0.1, 0.15) is 5.82 Å². The van der Waals surface area contributed by atoms with E-state index < -0.39 is 0 Å². The lowest BCUT2D eigenvalue weighted by Gasteiger charge is -2.14. The van der Waals surface area contributed by atoms with E-state index in [1.165, 1.54) is 15.8 Å². The molecule has 3 nitrogen and oxygen atoms in total. The molecule has 1 unspecified atom stereocenters. The van der Waals surface area contributed by atoms with Gasteiger partial charge in [0.15, 0.2) is 0 Å². The van der Waals surface area contributed by atoms with Crippen LogP contribution in [0.3, 0.4) is 0 Å². The van der Waals surface area contributed by atoms with Crippen LogP contribution in [0.4, 0.5) is 10.3 Å². The van der Waals surface area contributed by atoms with Crippen LogP contribution >= 0.6 is 27.3 Å². The number of halogens is 2. The Bertz CT molecular complexity index is 793. The first-order valence-electron chi connectivity index (χ1n) is 6.16. The summed E-state index contributed by atoms with van der Waals surface area (Å²) in [5, 5.41) is 0. The molecule has 0 saturated heterocycles. The normalized spacial score (nSPS) is 13.0. The maximum absolute atomic E-state index is 13.8. The lowest BCUT2D eigenvalue weighted by Crippen LogP contribution is -2.09. The Morgan fingerprint density at radius 2 is 2.15 bits per heavy atom. The topological polar surface area (TPSA) is 43.8 Å². The lowest BCUT2D eigenvalue weighted by molar-refractivity contribution is 0.619. The number of fused-ring (bicyclic) bond motifs is 1. The fourth-order valence-electron chi connectivity index (χ4n) is 2.32. The fourth-order valence-corrected chi connectivity index (χ4v) is 3.57. The summed E-state index contributed by atoms with van der Waals surface area (Å²) in [6, 6.07) is 7.30. The second-order valence-electron chi connectivity index (χ2n) is 4.72. The first-order chi connectivity index (χ1) is 9.47. The van der Waals surface area contributed by atoms with Gasteiger partial charge in [-0.25, -0.2) is 9.37 Å². The standard InChI is InChI=1S/C14H13BrFN3S/c1-7-3-4-13(20-7)8(2)19-12-6-10(16)9(15)5-11(12)18-14(19)17/h3-6,8H,1-2H3,(H2,17,18). The van der Waals surface area contributed by atoms with Gasteiger partial charge in [-0.05, 0) is 48.0 Å². The van der Waals surface area contributed by atoms with Gasteiger partial charge in [0.25, 0.3) is 0 Å². The van der Waals surface area contributed by atoms with E-state index in [4.69, 9.17) is 5.73 Å². The molecule has 2 N–H and O–H groups in total. The van der Waals surface area contributed by atoms with E-state index in [1.54, 1.807) is 17.4 Å². The van der Waals surface area contributed by atoms with Gasteiger partial charge in [-0.1, -0.05) is 0 Å². The highest BCUT2D eigenvalue weighted by Gasteiger charge is 2.18. The number of anilines is 1. The quantitative estimate of drug-likeness (QED) is 0.736. The van der Waals surface area contributed by atoms with E-state index >= 15 is 0 Å². The zero-order valence-corrected chi connectivity index (χ0v) is 13.4. The summed E-state index contributed by atoms with van der Waals surface area (Å²) >= 11 is 4.88. The van der Waals surface area contributed by atoms with Crippen LogP contribution in [-0.2, 0) is 0 Å². The number of aromatic nitrogens is 2. The van der Waals surface area contributed by atoms with Crippen LogP contribution in [0.2, 0.25) is 0 Å².